The number of hydrogen-bond acceptors (Lipinski definition) is 6. The second kappa shape index (κ2) is 15.6. The molecule has 0 aromatic heterocycles. The molecule has 0 aromatic rings. The largest absolute Gasteiger partial charge is 0.777 e. The lowest BCUT2D eigenvalue weighted by atomic mass is 10.2. The van der Waals surface area contributed by atoms with E-state index in [2.05, 4.69) is 57.3 Å². The number of hydrogen-bond donors (Lipinski definition) is 0. The molecule has 0 bridgehead atoms. The SMILES string of the molecule is CCCC[N+](C)(CCCC)CCCC.COP(=O)([O-])C(Br)P(=O)(OC)OC. The molecule has 0 saturated carbocycles. The summed E-state index contributed by atoms with van der Waals surface area (Å²) < 4.78 is 35.5. The second-order valence-electron chi connectivity index (χ2n) is 6.79. The van der Waals surface area contributed by atoms with Crippen molar-refractivity contribution in [3.05, 3.63) is 0 Å². The Morgan fingerprint density at radius 3 is 1.41 bits per heavy atom. The smallest absolute Gasteiger partial charge is 0.352 e. The van der Waals surface area contributed by atoms with Crippen molar-refractivity contribution in [2.45, 2.75) is 63.6 Å². The number of unbranched alkanes of at least 4 members (excludes halogenated alkanes) is 3. The predicted octanol–water partition coefficient (Wildman–Crippen LogP) is 5.18. The number of halogens is 1. The highest BCUT2D eigenvalue weighted by molar-refractivity contribution is 9.12. The van der Waals surface area contributed by atoms with Gasteiger partial charge in [-0.2, -0.15) is 0 Å². The van der Waals surface area contributed by atoms with Crippen molar-refractivity contribution in [2.24, 2.45) is 0 Å². The van der Waals surface area contributed by atoms with Gasteiger partial charge in [0.2, 0.25) is 0 Å². The van der Waals surface area contributed by atoms with E-state index in [4.69, 9.17) is 0 Å². The molecule has 0 aromatic carbocycles. The Morgan fingerprint density at radius 2 is 1.19 bits per heavy atom. The Morgan fingerprint density at radius 1 is 0.852 bits per heavy atom. The standard InChI is InChI=1S/C13H30N.C4H11BrO6P2/c1-5-8-11-14(4,12-9-6-2)13-10-7-3;1-9-12(6,7)4(5)13(8,10-2)11-3/h5-13H2,1-4H3;4H,1-3H3,(H,6,7)/q+1;/p-1. The zero-order chi connectivity index (χ0) is 21.6. The Bertz CT molecular complexity index is 437. The first-order valence-electron chi connectivity index (χ1n) is 9.57. The molecule has 2 atom stereocenters. The maximum atomic E-state index is 11.5. The van der Waals surface area contributed by atoms with E-state index in [0.29, 0.717) is 0 Å². The third kappa shape index (κ3) is 12.1. The van der Waals surface area contributed by atoms with Gasteiger partial charge in [-0.1, -0.05) is 56.0 Å². The molecule has 0 fully saturated rings. The molecular weight excluding hydrogens is 456 g/mol. The molecule has 0 heterocycles. The van der Waals surface area contributed by atoms with Gasteiger partial charge >= 0.3 is 7.60 Å². The number of alkyl halides is 1. The summed E-state index contributed by atoms with van der Waals surface area (Å²) in [5, 5.41) is 0. The molecule has 0 spiro atoms. The molecule has 2 unspecified atom stereocenters. The van der Waals surface area contributed by atoms with E-state index in [0.717, 1.165) is 21.3 Å². The van der Waals surface area contributed by atoms with Gasteiger partial charge in [-0.25, -0.2) is 0 Å². The van der Waals surface area contributed by atoms with Crippen LogP contribution in [0.25, 0.3) is 0 Å². The minimum absolute atomic E-state index is 0.970. The zero-order valence-corrected chi connectivity index (χ0v) is 21.5. The van der Waals surface area contributed by atoms with E-state index >= 15 is 0 Å². The molecule has 0 aliphatic rings. The molecule has 0 amide bonds. The molecule has 0 saturated heterocycles. The van der Waals surface area contributed by atoms with Gasteiger partial charge in [-0.15, -0.1) is 0 Å². The van der Waals surface area contributed by atoms with Crippen molar-refractivity contribution in [2.75, 3.05) is 48.0 Å². The minimum atomic E-state index is -4.27. The van der Waals surface area contributed by atoms with E-state index in [9.17, 15) is 14.0 Å². The summed E-state index contributed by atoms with van der Waals surface area (Å²) in [5.41, 5.74) is 0. The van der Waals surface area contributed by atoms with Crippen LogP contribution in [0.4, 0.5) is 0 Å². The van der Waals surface area contributed by atoms with Crippen LogP contribution in [0.1, 0.15) is 59.3 Å². The lowest BCUT2D eigenvalue weighted by Crippen LogP contribution is -2.46. The molecule has 7 nitrogen and oxygen atoms in total. The van der Waals surface area contributed by atoms with Crippen LogP contribution >= 0.6 is 31.1 Å². The topological polar surface area (TPSA) is 84.9 Å². The van der Waals surface area contributed by atoms with Crippen molar-refractivity contribution in [1.29, 1.82) is 0 Å². The van der Waals surface area contributed by atoms with E-state index in [1.807, 2.05) is 0 Å². The van der Waals surface area contributed by atoms with E-state index < -0.39 is 19.5 Å². The Labute approximate surface area is 174 Å². The third-order valence-corrected chi connectivity index (χ3v) is 11.7. The maximum absolute atomic E-state index is 11.5. The molecule has 0 aliphatic carbocycles. The van der Waals surface area contributed by atoms with Crippen LogP contribution in [0.15, 0.2) is 0 Å². The van der Waals surface area contributed by atoms with E-state index in [1.165, 1.54) is 62.6 Å². The van der Waals surface area contributed by atoms with Crippen LogP contribution in [-0.2, 0) is 22.7 Å². The quantitative estimate of drug-likeness (QED) is 0.187. The summed E-state index contributed by atoms with van der Waals surface area (Å²) in [6.07, 6.45) is 8.20. The van der Waals surface area contributed by atoms with Gasteiger partial charge in [-0.3, -0.25) is 4.57 Å². The highest BCUT2D eigenvalue weighted by Gasteiger charge is 2.40. The van der Waals surface area contributed by atoms with Crippen LogP contribution < -0.4 is 4.89 Å². The fourth-order valence-electron chi connectivity index (χ4n) is 2.46. The fraction of sp³-hybridized carbons (Fsp3) is 1.00. The van der Waals surface area contributed by atoms with Crippen molar-refractivity contribution in [3.8, 4) is 0 Å². The van der Waals surface area contributed by atoms with Crippen LogP contribution in [0.2, 0.25) is 0 Å². The molecule has 0 aliphatic heterocycles. The van der Waals surface area contributed by atoms with Crippen molar-refractivity contribution in [3.63, 3.8) is 0 Å². The molecule has 0 radical (unpaired) electrons. The molecule has 10 heteroatoms. The number of nitrogens with zero attached hydrogens (tertiary/aromatic N) is 1. The number of rotatable bonds is 14. The normalized spacial score (nSPS) is 15.6. The summed E-state index contributed by atoms with van der Waals surface area (Å²) in [7, 11) is -2.36. The summed E-state index contributed by atoms with van der Waals surface area (Å²) in [6.45, 7) is 11.0. The second-order valence-corrected chi connectivity index (χ2v) is 13.8. The molecular formula is C17H40BrNO6P2. The van der Waals surface area contributed by atoms with Gasteiger partial charge in [0, 0.05) is 21.3 Å². The lowest BCUT2D eigenvalue weighted by Gasteiger charge is -2.34. The monoisotopic (exact) mass is 495 g/mol. The summed E-state index contributed by atoms with van der Waals surface area (Å²) in [5.74, 6) is 0. The molecule has 166 valence electrons. The van der Waals surface area contributed by atoms with E-state index in [-0.39, 0.29) is 0 Å². The van der Waals surface area contributed by atoms with Crippen LogP contribution in [0.3, 0.4) is 0 Å². The minimum Gasteiger partial charge on any atom is -0.777 e. The average molecular weight is 496 g/mol. The van der Waals surface area contributed by atoms with Crippen molar-refractivity contribution < 1.29 is 32.1 Å². The lowest BCUT2D eigenvalue weighted by molar-refractivity contribution is -0.910. The van der Waals surface area contributed by atoms with Crippen LogP contribution in [-0.4, -0.2) is 56.8 Å². The maximum Gasteiger partial charge on any atom is 0.352 e. The van der Waals surface area contributed by atoms with Crippen molar-refractivity contribution >= 4 is 31.1 Å². The highest BCUT2D eigenvalue weighted by Crippen LogP contribution is 2.67. The highest BCUT2D eigenvalue weighted by atomic mass is 79.9. The first-order valence-corrected chi connectivity index (χ1v) is 13.7. The third-order valence-electron chi connectivity index (χ3n) is 4.44. The zero-order valence-electron chi connectivity index (χ0n) is 18.1. The van der Waals surface area contributed by atoms with Gasteiger partial charge in [0.15, 0.2) is 11.9 Å². The first kappa shape index (κ1) is 29.9. The van der Waals surface area contributed by atoms with E-state index in [1.54, 1.807) is 0 Å². The first-order chi connectivity index (χ1) is 12.5. The molecule has 27 heavy (non-hydrogen) atoms. The molecule has 0 rings (SSSR count). The summed E-state index contributed by atoms with van der Waals surface area (Å²) in [6, 6.07) is 0. The van der Waals surface area contributed by atoms with Gasteiger partial charge in [0.1, 0.15) is 0 Å². The van der Waals surface area contributed by atoms with Crippen LogP contribution in [0.5, 0.6) is 0 Å². The van der Waals surface area contributed by atoms with Gasteiger partial charge < -0.3 is 27.5 Å². The Kier molecular flexibility index (Phi) is 17.3. The van der Waals surface area contributed by atoms with Gasteiger partial charge in [0.05, 0.1) is 26.7 Å². The average Bonchev–Trinajstić information content (AvgIpc) is 2.68. The number of quaternary nitrogens is 1. The molecule has 0 N–H and O–H groups in total. The fourth-order valence-corrected chi connectivity index (χ4v) is 6.87. The Hall–Kier alpha value is 0.740. The Balaban J connectivity index is 0. The van der Waals surface area contributed by atoms with Crippen molar-refractivity contribution in [1.82, 2.24) is 0 Å². The summed E-state index contributed by atoms with van der Waals surface area (Å²) in [4.78, 5) is 11.1. The van der Waals surface area contributed by atoms with Gasteiger partial charge in [-0.05, 0) is 19.3 Å². The summed E-state index contributed by atoms with van der Waals surface area (Å²) >= 11 is 2.69. The van der Waals surface area contributed by atoms with Crippen LogP contribution in [0, 0.1) is 0 Å². The van der Waals surface area contributed by atoms with Gasteiger partial charge in [0.25, 0.3) is 0 Å². The predicted molar refractivity (Wildman–Crippen MR) is 114 cm³/mol.